The highest BCUT2D eigenvalue weighted by Crippen LogP contribution is 2.18. The van der Waals surface area contributed by atoms with E-state index < -0.39 is 11.7 Å². The number of rotatable bonds is 5. The summed E-state index contributed by atoms with van der Waals surface area (Å²) in [7, 11) is 0. The van der Waals surface area contributed by atoms with E-state index >= 15 is 0 Å². The van der Waals surface area contributed by atoms with Crippen molar-refractivity contribution in [3.8, 4) is 0 Å². The molecule has 148 valence electrons. The van der Waals surface area contributed by atoms with E-state index in [4.69, 9.17) is 11.6 Å². The van der Waals surface area contributed by atoms with E-state index in [-0.39, 0.29) is 30.3 Å². The molecule has 0 bridgehead atoms. The van der Waals surface area contributed by atoms with Crippen molar-refractivity contribution < 1.29 is 18.8 Å². The lowest BCUT2D eigenvalue weighted by Gasteiger charge is -2.35. The highest BCUT2D eigenvalue weighted by molar-refractivity contribution is 7.12. The van der Waals surface area contributed by atoms with Gasteiger partial charge in [-0.1, -0.05) is 17.7 Å². The molecule has 0 unspecified atom stereocenters. The lowest BCUT2D eigenvalue weighted by molar-refractivity contribution is -0.132. The summed E-state index contributed by atoms with van der Waals surface area (Å²) in [5.74, 6) is -1.33. The highest BCUT2D eigenvalue weighted by atomic mass is 35.5. The Morgan fingerprint density at radius 1 is 1.11 bits per heavy atom. The Morgan fingerprint density at radius 3 is 2.50 bits per heavy atom. The average molecular weight is 424 g/mol. The minimum absolute atomic E-state index is 0.0661. The van der Waals surface area contributed by atoms with Crippen molar-refractivity contribution in [2.45, 2.75) is 6.42 Å². The molecule has 2 heterocycles. The average Bonchev–Trinajstić information content (AvgIpc) is 3.24. The molecule has 0 saturated carbocycles. The number of carbonyl (C=O) groups excluding carboxylic acids is 3. The third-order valence-electron chi connectivity index (χ3n) is 4.45. The molecule has 1 saturated heterocycles. The summed E-state index contributed by atoms with van der Waals surface area (Å²) in [4.78, 5) is 40.4. The van der Waals surface area contributed by atoms with Crippen molar-refractivity contribution in [2.24, 2.45) is 0 Å². The van der Waals surface area contributed by atoms with Gasteiger partial charge in [0, 0.05) is 44.2 Å². The van der Waals surface area contributed by atoms with Gasteiger partial charge in [0.15, 0.2) is 0 Å². The van der Waals surface area contributed by atoms with E-state index in [9.17, 15) is 18.8 Å². The summed E-state index contributed by atoms with van der Waals surface area (Å²) >= 11 is 7.19. The van der Waals surface area contributed by atoms with Crippen molar-refractivity contribution in [2.75, 3.05) is 32.7 Å². The zero-order chi connectivity index (χ0) is 20.1. The van der Waals surface area contributed by atoms with E-state index in [0.717, 1.165) is 0 Å². The molecule has 0 atom stereocenters. The molecule has 28 heavy (non-hydrogen) atoms. The zero-order valence-electron chi connectivity index (χ0n) is 15.0. The Labute approximate surface area is 170 Å². The van der Waals surface area contributed by atoms with Crippen molar-refractivity contribution in [1.29, 1.82) is 0 Å². The van der Waals surface area contributed by atoms with E-state index in [0.29, 0.717) is 36.1 Å². The van der Waals surface area contributed by atoms with Crippen molar-refractivity contribution in [1.82, 2.24) is 15.1 Å². The van der Waals surface area contributed by atoms with Gasteiger partial charge in [-0.3, -0.25) is 14.4 Å². The van der Waals surface area contributed by atoms with E-state index in [2.05, 4.69) is 5.32 Å². The minimum Gasteiger partial charge on any atom is -0.351 e. The lowest BCUT2D eigenvalue weighted by atomic mass is 10.1. The molecular formula is C19H19ClFN3O3S. The van der Waals surface area contributed by atoms with Crippen LogP contribution in [0.25, 0.3) is 0 Å². The number of hydrogen-bond acceptors (Lipinski definition) is 4. The maximum Gasteiger partial charge on any atom is 0.261 e. The van der Waals surface area contributed by atoms with E-state index in [1.165, 1.54) is 34.4 Å². The topological polar surface area (TPSA) is 69.7 Å². The summed E-state index contributed by atoms with van der Waals surface area (Å²) < 4.78 is 13.9. The molecular weight excluding hydrogens is 405 g/mol. The third kappa shape index (κ3) is 4.88. The summed E-state index contributed by atoms with van der Waals surface area (Å²) in [5, 5.41) is 4.83. The predicted molar refractivity (Wildman–Crippen MR) is 105 cm³/mol. The molecule has 1 aromatic heterocycles. The van der Waals surface area contributed by atoms with Crippen LogP contribution in [0.15, 0.2) is 35.7 Å². The first-order valence-corrected chi connectivity index (χ1v) is 10.1. The van der Waals surface area contributed by atoms with Gasteiger partial charge in [-0.25, -0.2) is 4.39 Å². The number of thiophene rings is 1. The van der Waals surface area contributed by atoms with Gasteiger partial charge in [-0.2, -0.15) is 0 Å². The number of hydrogen-bond donors (Lipinski definition) is 1. The summed E-state index contributed by atoms with van der Waals surface area (Å²) in [6.45, 7) is 1.62. The van der Waals surface area contributed by atoms with Crippen LogP contribution in [0.3, 0.4) is 0 Å². The van der Waals surface area contributed by atoms with Crippen molar-refractivity contribution in [3.05, 3.63) is 57.0 Å². The first-order valence-electron chi connectivity index (χ1n) is 8.79. The minimum atomic E-state index is -0.616. The van der Waals surface area contributed by atoms with Crippen LogP contribution >= 0.6 is 22.9 Å². The Hall–Kier alpha value is -2.45. The SMILES string of the molecule is O=C(NCCC(=O)N1CCN(C(=O)c2cc(Cl)ccc2F)CC1)c1cccs1. The molecule has 6 nitrogen and oxygen atoms in total. The van der Waals surface area contributed by atoms with Crippen LogP contribution in [0.1, 0.15) is 26.5 Å². The van der Waals surface area contributed by atoms with Crippen LogP contribution in [0.4, 0.5) is 4.39 Å². The fraction of sp³-hybridized carbons (Fsp3) is 0.316. The molecule has 0 spiro atoms. The van der Waals surface area contributed by atoms with Crippen LogP contribution in [-0.2, 0) is 4.79 Å². The monoisotopic (exact) mass is 423 g/mol. The number of piperazine rings is 1. The molecule has 1 aliphatic rings. The molecule has 2 aromatic rings. The summed E-state index contributed by atoms with van der Waals surface area (Å²) in [5.41, 5.74) is -0.0661. The van der Waals surface area contributed by atoms with Crippen LogP contribution in [0.2, 0.25) is 5.02 Å². The van der Waals surface area contributed by atoms with Crippen LogP contribution in [0, 0.1) is 5.82 Å². The van der Waals surface area contributed by atoms with Gasteiger partial charge in [-0.15, -0.1) is 11.3 Å². The molecule has 3 amide bonds. The maximum atomic E-state index is 13.9. The number of amides is 3. The normalized spacial score (nSPS) is 14.1. The van der Waals surface area contributed by atoms with Crippen molar-refractivity contribution >= 4 is 40.7 Å². The number of benzene rings is 1. The molecule has 0 radical (unpaired) electrons. The van der Waals surface area contributed by atoms with E-state index in [1.54, 1.807) is 17.0 Å². The van der Waals surface area contributed by atoms with Gasteiger partial charge in [-0.05, 0) is 29.6 Å². The van der Waals surface area contributed by atoms with Crippen LogP contribution < -0.4 is 5.32 Å². The summed E-state index contributed by atoms with van der Waals surface area (Å²) in [6.07, 6.45) is 0.188. The second-order valence-electron chi connectivity index (χ2n) is 6.28. The predicted octanol–water partition coefficient (Wildman–Crippen LogP) is 2.65. The fourth-order valence-corrected chi connectivity index (χ4v) is 3.74. The molecule has 0 aliphatic carbocycles. The molecule has 1 aromatic carbocycles. The molecule has 1 N–H and O–H groups in total. The molecule has 3 rings (SSSR count). The van der Waals surface area contributed by atoms with Gasteiger partial charge >= 0.3 is 0 Å². The Morgan fingerprint density at radius 2 is 1.82 bits per heavy atom. The second kappa shape index (κ2) is 9.16. The Kier molecular flexibility index (Phi) is 6.64. The number of nitrogens with zero attached hydrogens (tertiary/aromatic N) is 2. The third-order valence-corrected chi connectivity index (χ3v) is 5.55. The van der Waals surface area contributed by atoms with Gasteiger partial charge in [0.1, 0.15) is 5.82 Å². The number of halogens is 2. The van der Waals surface area contributed by atoms with Crippen LogP contribution in [0.5, 0.6) is 0 Å². The number of carbonyl (C=O) groups is 3. The first-order chi connectivity index (χ1) is 13.5. The fourth-order valence-electron chi connectivity index (χ4n) is 2.93. The molecule has 9 heteroatoms. The Bertz CT molecular complexity index is 867. The van der Waals surface area contributed by atoms with Gasteiger partial charge in [0.05, 0.1) is 10.4 Å². The van der Waals surface area contributed by atoms with Crippen LogP contribution in [-0.4, -0.2) is 60.2 Å². The van der Waals surface area contributed by atoms with E-state index in [1.807, 2.05) is 5.38 Å². The molecule has 1 aliphatic heterocycles. The largest absolute Gasteiger partial charge is 0.351 e. The molecule has 1 fully saturated rings. The zero-order valence-corrected chi connectivity index (χ0v) is 16.6. The van der Waals surface area contributed by atoms with Gasteiger partial charge in [0.2, 0.25) is 5.91 Å². The highest BCUT2D eigenvalue weighted by Gasteiger charge is 2.26. The standard InChI is InChI=1S/C19H19ClFN3O3S/c20-13-3-4-15(21)14(12-13)19(27)24-9-7-23(8-10-24)17(25)5-6-22-18(26)16-2-1-11-28-16/h1-4,11-12H,5-10H2,(H,22,26). The first kappa shape index (κ1) is 20.3. The lowest BCUT2D eigenvalue weighted by Crippen LogP contribution is -2.51. The van der Waals surface area contributed by atoms with Gasteiger partial charge in [0.25, 0.3) is 11.8 Å². The maximum absolute atomic E-state index is 13.9. The quantitative estimate of drug-likeness (QED) is 0.803. The van der Waals surface area contributed by atoms with Crippen molar-refractivity contribution in [3.63, 3.8) is 0 Å². The summed E-state index contributed by atoms with van der Waals surface area (Å²) in [6, 6.07) is 7.38. The second-order valence-corrected chi connectivity index (χ2v) is 7.66. The Balaban J connectivity index is 1.45. The van der Waals surface area contributed by atoms with Gasteiger partial charge < -0.3 is 15.1 Å². The smallest absolute Gasteiger partial charge is 0.261 e. The number of nitrogens with one attached hydrogen (secondary N) is 1.